The zero-order chi connectivity index (χ0) is 31.6. The van der Waals surface area contributed by atoms with Gasteiger partial charge in [0.1, 0.15) is 18.5 Å². The van der Waals surface area contributed by atoms with Crippen LogP contribution in [0.4, 0.5) is 9.59 Å². The lowest BCUT2D eigenvalue weighted by Crippen LogP contribution is -2.48. The third-order valence-corrected chi connectivity index (χ3v) is 6.63. The molecule has 0 aliphatic heterocycles. The van der Waals surface area contributed by atoms with E-state index in [0.29, 0.717) is 10.8 Å². The Labute approximate surface area is 258 Å². The number of rotatable bonds is 12. The molecule has 0 saturated carbocycles. The maximum Gasteiger partial charge on any atom is 0.408 e. The molecular weight excluding hydrogens is 588 g/mol. The van der Waals surface area contributed by atoms with Gasteiger partial charge in [-0.15, -0.1) is 0 Å². The number of alkyl carbamates (subject to hydrolysis) is 1. The molecule has 44 heavy (non-hydrogen) atoms. The lowest BCUT2D eigenvalue weighted by Gasteiger charge is -2.23. The van der Waals surface area contributed by atoms with Crippen molar-refractivity contribution in [3.63, 3.8) is 0 Å². The summed E-state index contributed by atoms with van der Waals surface area (Å²) in [5.74, 6) is -1.27. The van der Waals surface area contributed by atoms with E-state index in [1.807, 2.05) is 19.9 Å². The summed E-state index contributed by atoms with van der Waals surface area (Å²) in [5.41, 5.74) is 3.27. The van der Waals surface area contributed by atoms with Crippen molar-refractivity contribution in [2.24, 2.45) is 0 Å². The average Bonchev–Trinajstić information content (AvgIpc) is 3.39. The molecule has 5 N–H and O–H groups in total. The number of urea groups is 1. The number of ether oxygens (including phenoxy) is 1. The predicted molar refractivity (Wildman–Crippen MR) is 164 cm³/mol. The van der Waals surface area contributed by atoms with Gasteiger partial charge in [-0.1, -0.05) is 54.1 Å². The first-order valence-electron chi connectivity index (χ1n) is 13.8. The van der Waals surface area contributed by atoms with Crippen LogP contribution in [0.25, 0.3) is 11.0 Å². The number of amides is 4. The lowest BCUT2D eigenvalue weighted by molar-refractivity contribution is -0.139. The molecular formula is C31H33ClN6O6. The van der Waals surface area contributed by atoms with Crippen LogP contribution in [0, 0.1) is 0 Å². The van der Waals surface area contributed by atoms with Gasteiger partial charge in [0.25, 0.3) is 5.91 Å². The highest BCUT2D eigenvalue weighted by molar-refractivity contribution is 6.31. The molecule has 0 aliphatic carbocycles. The first-order chi connectivity index (χ1) is 21.1. The molecule has 1 heterocycles. The van der Waals surface area contributed by atoms with Crippen LogP contribution in [0.1, 0.15) is 41.2 Å². The molecule has 3 aromatic carbocycles. The summed E-state index contributed by atoms with van der Waals surface area (Å²) in [6.07, 6.45) is -0.919. The van der Waals surface area contributed by atoms with Crippen molar-refractivity contribution < 1.29 is 29.0 Å². The number of benzene rings is 3. The van der Waals surface area contributed by atoms with E-state index in [2.05, 4.69) is 25.9 Å². The molecule has 230 valence electrons. The highest BCUT2D eigenvalue weighted by Gasteiger charge is 2.22. The molecule has 4 aromatic rings. The number of hydrogen-bond acceptors (Lipinski definition) is 6. The third-order valence-electron chi connectivity index (χ3n) is 6.39. The fourth-order valence-corrected chi connectivity index (χ4v) is 4.39. The van der Waals surface area contributed by atoms with Crippen LogP contribution >= 0.6 is 11.6 Å². The van der Waals surface area contributed by atoms with Crippen molar-refractivity contribution in [2.75, 3.05) is 6.54 Å². The number of hydrogen-bond donors (Lipinski definition) is 5. The van der Waals surface area contributed by atoms with Crippen LogP contribution in [0.2, 0.25) is 5.02 Å². The van der Waals surface area contributed by atoms with Crippen LogP contribution in [-0.2, 0) is 29.2 Å². The van der Waals surface area contributed by atoms with Crippen LogP contribution in [0.3, 0.4) is 0 Å². The smallest absolute Gasteiger partial charge is 0.408 e. The molecule has 4 rings (SSSR count). The standard InChI is InChI=1S/C31H33ClN6O6/c1-19(2)34-30(42)38(17-27-35-24-13-12-23(32)14-25(24)36-27)16-20-8-10-22(11-9-20)28(39)33-15-26(29(40)41)37-31(43)44-18-21-6-4-3-5-7-21/h3-14,19,26H,15-18H2,1-2H3,(H,33,39)(H,34,42)(H,35,36)(H,37,43)(H,40,41)/t26-/m0/s1. The second-order valence-corrected chi connectivity index (χ2v) is 10.7. The minimum absolute atomic E-state index is 0.0264. The van der Waals surface area contributed by atoms with E-state index in [9.17, 15) is 24.3 Å². The van der Waals surface area contributed by atoms with E-state index >= 15 is 0 Å². The molecule has 0 fully saturated rings. The Hall–Kier alpha value is -5.10. The van der Waals surface area contributed by atoms with Crippen molar-refractivity contribution in [1.29, 1.82) is 0 Å². The number of nitrogens with one attached hydrogen (secondary N) is 4. The van der Waals surface area contributed by atoms with Gasteiger partial charge in [0.2, 0.25) is 0 Å². The fraction of sp³-hybridized carbons (Fsp3) is 0.258. The summed E-state index contributed by atoms with van der Waals surface area (Å²) in [6, 6.07) is 19.0. The van der Waals surface area contributed by atoms with Crippen molar-refractivity contribution in [1.82, 2.24) is 30.8 Å². The molecule has 0 spiro atoms. The maximum atomic E-state index is 13.0. The summed E-state index contributed by atoms with van der Waals surface area (Å²) >= 11 is 6.09. The number of nitrogens with zero attached hydrogens (tertiary/aromatic N) is 2. The van der Waals surface area contributed by atoms with Crippen LogP contribution in [0.5, 0.6) is 0 Å². The molecule has 0 aliphatic rings. The van der Waals surface area contributed by atoms with E-state index in [1.165, 1.54) is 0 Å². The molecule has 4 amide bonds. The summed E-state index contributed by atoms with van der Waals surface area (Å²) < 4.78 is 5.07. The SMILES string of the molecule is CC(C)NC(=O)N(Cc1ccc(C(=O)NC[C@H](NC(=O)OCc2ccccc2)C(=O)O)cc1)Cc1nc2ccc(Cl)cc2[nH]1. The summed E-state index contributed by atoms with van der Waals surface area (Å²) in [5, 5.41) is 17.7. The van der Waals surface area contributed by atoms with Crippen molar-refractivity contribution in [3.05, 3.63) is 100 Å². The number of imidazole rings is 1. The molecule has 0 saturated heterocycles. The maximum absolute atomic E-state index is 13.0. The van der Waals surface area contributed by atoms with Gasteiger partial charge in [-0.2, -0.15) is 0 Å². The number of aliphatic carboxylic acids is 1. The molecule has 0 radical (unpaired) electrons. The second-order valence-electron chi connectivity index (χ2n) is 10.3. The van der Waals surface area contributed by atoms with Crippen molar-refractivity contribution >= 4 is 46.6 Å². The minimum atomic E-state index is -1.40. The number of aromatic amines is 1. The average molecular weight is 621 g/mol. The van der Waals surface area contributed by atoms with E-state index in [4.69, 9.17) is 16.3 Å². The number of carboxylic acid groups (broad SMARTS) is 1. The highest BCUT2D eigenvalue weighted by Crippen LogP contribution is 2.19. The van der Waals surface area contributed by atoms with Gasteiger partial charge in [0.05, 0.1) is 17.6 Å². The Kier molecular flexibility index (Phi) is 10.8. The summed E-state index contributed by atoms with van der Waals surface area (Å²) in [6.45, 7) is 3.78. The van der Waals surface area contributed by atoms with E-state index in [0.717, 1.165) is 22.2 Å². The summed E-state index contributed by atoms with van der Waals surface area (Å²) in [4.78, 5) is 58.8. The number of carboxylic acids is 1. The van der Waals surface area contributed by atoms with Gasteiger partial charge in [0.15, 0.2) is 0 Å². The molecule has 0 unspecified atom stereocenters. The fourth-order valence-electron chi connectivity index (χ4n) is 4.21. The molecule has 13 heteroatoms. The Morgan fingerprint density at radius 3 is 2.36 bits per heavy atom. The quantitative estimate of drug-likeness (QED) is 0.156. The van der Waals surface area contributed by atoms with Gasteiger partial charge in [-0.25, -0.2) is 19.4 Å². The molecule has 0 bridgehead atoms. The Morgan fingerprint density at radius 2 is 1.68 bits per heavy atom. The van der Waals surface area contributed by atoms with Gasteiger partial charge in [0, 0.05) is 29.7 Å². The number of carbonyl (C=O) groups is 4. The molecule has 1 atom stereocenters. The topological polar surface area (TPSA) is 166 Å². The van der Waals surface area contributed by atoms with Crippen LogP contribution < -0.4 is 16.0 Å². The monoisotopic (exact) mass is 620 g/mol. The normalized spacial score (nSPS) is 11.5. The predicted octanol–water partition coefficient (Wildman–Crippen LogP) is 4.45. The van der Waals surface area contributed by atoms with Crippen LogP contribution in [-0.4, -0.2) is 62.6 Å². The van der Waals surface area contributed by atoms with Gasteiger partial charge < -0.3 is 35.7 Å². The lowest BCUT2D eigenvalue weighted by atomic mass is 10.1. The third kappa shape index (κ3) is 9.20. The highest BCUT2D eigenvalue weighted by atomic mass is 35.5. The Bertz CT molecular complexity index is 1610. The van der Waals surface area contributed by atoms with Gasteiger partial charge >= 0.3 is 18.1 Å². The first-order valence-corrected chi connectivity index (χ1v) is 14.2. The zero-order valence-electron chi connectivity index (χ0n) is 24.2. The van der Waals surface area contributed by atoms with Gasteiger partial charge in [-0.05, 0) is 55.3 Å². The number of carbonyl (C=O) groups excluding carboxylic acids is 3. The zero-order valence-corrected chi connectivity index (χ0v) is 24.9. The summed E-state index contributed by atoms with van der Waals surface area (Å²) in [7, 11) is 0. The number of fused-ring (bicyclic) bond motifs is 1. The molecule has 12 nitrogen and oxygen atoms in total. The van der Waals surface area contributed by atoms with Crippen LogP contribution in [0.15, 0.2) is 72.8 Å². The van der Waals surface area contributed by atoms with Crippen molar-refractivity contribution in [2.45, 2.75) is 45.6 Å². The number of H-pyrrole nitrogens is 1. The first kappa shape index (κ1) is 31.8. The van der Waals surface area contributed by atoms with Gasteiger partial charge in [-0.3, -0.25) is 4.79 Å². The van der Waals surface area contributed by atoms with E-state index in [1.54, 1.807) is 71.6 Å². The second kappa shape index (κ2) is 14.9. The minimum Gasteiger partial charge on any atom is -0.480 e. The number of halogens is 1. The van der Waals surface area contributed by atoms with E-state index in [-0.39, 0.29) is 43.9 Å². The van der Waals surface area contributed by atoms with E-state index < -0.39 is 24.0 Å². The Morgan fingerprint density at radius 1 is 0.955 bits per heavy atom. The largest absolute Gasteiger partial charge is 0.480 e. The Balaban J connectivity index is 1.34. The van der Waals surface area contributed by atoms with Crippen molar-refractivity contribution in [3.8, 4) is 0 Å². The number of aromatic nitrogens is 2. The molecule has 1 aromatic heterocycles.